The van der Waals surface area contributed by atoms with Gasteiger partial charge in [-0.2, -0.15) is 0 Å². The molecule has 4 rings (SSSR count). The second-order valence-corrected chi connectivity index (χ2v) is 14.3. The Kier molecular flexibility index (Phi) is 14.6. The maximum Gasteiger partial charge on any atom is 0.253 e. The first-order chi connectivity index (χ1) is 21.1. The van der Waals surface area contributed by atoms with Gasteiger partial charge >= 0.3 is 0 Å². The Morgan fingerprint density at radius 3 is 1.61 bits per heavy atom. The van der Waals surface area contributed by atoms with Gasteiger partial charge in [-0.25, -0.2) is 0 Å². The predicted octanol–water partition coefficient (Wildman–Crippen LogP) is 6.38. The van der Waals surface area contributed by atoms with Crippen LogP contribution in [0.2, 0.25) is 0 Å². The van der Waals surface area contributed by atoms with E-state index in [1.165, 1.54) is 5.56 Å². The lowest BCUT2D eigenvalue weighted by atomic mass is 9.88. The van der Waals surface area contributed by atoms with Gasteiger partial charge in [0.1, 0.15) is 0 Å². The topological polar surface area (TPSA) is 88.0 Å². The van der Waals surface area contributed by atoms with Crippen molar-refractivity contribution in [1.29, 1.82) is 0 Å². The summed E-state index contributed by atoms with van der Waals surface area (Å²) in [7, 11) is 7.11. The molecule has 4 aromatic heterocycles. The van der Waals surface area contributed by atoms with Gasteiger partial charge in [0.05, 0.1) is 0 Å². The standard InChI is InChI=1S/2C10H15NO.2C9H13NO/c1-10(2,3)8-5-6-11(4)9(12)7-8;1-10(2,3)8-6-5-7-11(4)9(8)12;1-7(2)8-4-5-9(11)10(3)6-8;1-7(2)8-5-4-6-9(11)10(8)3/h2*5-7H,1-4H3;2*4-7H,1-3H3. The zero-order chi connectivity index (χ0) is 35.6. The minimum atomic E-state index is -0.0594. The molecule has 4 heterocycles. The van der Waals surface area contributed by atoms with Crippen molar-refractivity contribution in [2.45, 2.75) is 91.9 Å². The monoisotopic (exact) mass is 632 g/mol. The molecule has 0 fully saturated rings. The first-order valence-corrected chi connectivity index (χ1v) is 15.7. The van der Waals surface area contributed by atoms with E-state index in [1.807, 2.05) is 63.5 Å². The highest BCUT2D eigenvalue weighted by molar-refractivity contribution is 5.20. The average molecular weight is 633 g/mol. The van der Waals surface area contributed by atoms with Crippen LogP contribution in [0.5, 0.6) is 0 Å². The molecular weight excluding hydrogens is 576 g/mol. The Labute approximate surface area is 275 Å². The summed E-state index contributed by atoms with van der Waals surface area (Å²) in [4.78, 5) is 44.9. The average Bonchev–Trinajstić information content (AvgIpc) is 2.94. The molecule has 0 unspecified atom stereocenters. The number of aromatic nitrogens is 4. The van der Waals surface area contributed by atoms with Gasteiger partial charge in [0, 0.05) is 76.2 Å². The van der Waals surface area contributed by atoms with Crippen LogP contribution in [-0.4, -0.2) is 18.3 Å². The van der Waals surface area contributed by atoms with Gasteiger partial charge in [0.15, 0.2) is 0 Å². The van der Waals surface area contributed by atoms with Crippen LogP contribution in [-0.2, 0) is 39.0 Å². The van der Waals surface area contributed by atoms with E-state index in [9.17, 15) is 19.2 Å². The first-order valence-electron chi connectivity index (χ1n) is 15.7. The van der Waals surface area contributed by atoms with Crippen molar-refractivity contribution in [2.24, 2.45) is 28.2 Å². The Morgan fingerprint density at radius 2 is 1.17 bits per heavy atom. The van der Waals surface area contributed by atoms with Crippen LogP contribution in [0.4, 0.5) is 0 Å². The van der Waals surface area contributed by atoms with E-state index in [0.717, 1.165) is 16.8 Å². The molecule has 0 aliphatic carbocycles. The zero-order valence-electron chi connectivity index (χ0n) is 30.5. The molecule has 0 aliphatic heterocycles. The molecule has 0 spiro atoms. The maximum absolute atomic E-state index is 11.6. The summed E-state index contributed by atoms with van der Waals surface area (Å²) < 4.78 is 6.48. The van der Waals surface area contributed by atoms with Crippen molar-refractivity contribution in [1.82, 2.24) is 18.3 Å². The molecule has 0 aromatic carbocycles. The zero-order valence-corrected chi connectivity index (χ0v) is 30.5. The van der Waals surface area contributed by atoms with Gasteiger partial charge in [0.25, 0.3) is 11.1 Å². The third-order valence-corrected chi connectivity index (χ3v) is 7.49. The fraction of sp³-hybridized carbons (Fsp3) is 0.474. The third-order valence-electron chi connectivity index (χ3n) is 7.49. The third kappa shape index (κ3) is 12.3. The van der Waals surface area contributed by atoms with Crippen LogP contribution in [0.25, 0.3) is 0 Å². The highest BCUT2D eigenvalue weighted by Crippen LogP contribution is 2.20. The van der Waals surface area contributed by atoms with Gasteiger partial charge in [-0.15, -0.1) is 0 Å². The van der Waals surface area contributed by atoms with E-state index < -0.39 is 0 Å². The molecule has 0 bridgehead atoms. The molecule has 46 heavy (non-hydrogen) atoms. The molecule has 0 radical (unpaired) electrons. The molecule has 4 aromatic rings. The van der Waals surface area contributed by atoms with Crippen molar-refractivity contribution in [3.8, 4) is 0 Å². The quantitative estimate of drug-likeness (QED) is 0.257. The minimum absolute atomic E-state index is 0.0504. The number of aryl methyl sites for hydroxylation is 3. The van der Waals surface area contributed by atoms with E-state index in [-0.39, 0.29) is 33.1 Å². The fourth-order valence-electron chi connectivity index (χ4n) is 4.30. The maximum atomic E-state index is 11.6. The Balaban J connectivity index is 0.000000307. The van der Waals surface area contributed by atoms with Gasteiger partial charge in [-0.05, 0) is 52.0 Å². The number of nitrogens with zero attached hydrogens (tertiary/aromatic N) is 4. The lowest BCUT2D eigenvalue weighted by Crippen LogP contribution is -2.28. The summed E-state index contributed by atoms with van der Waals surface area (Å²) in [5.41, 5.74) is 4.52. The van der Waals surface area contributed by atoms with Crippen LogP contribution >= 0.6 is 0 Å². The highest BCUT2D eigenvalue weighted by atomic mass is 16.1. The summed E-state index contributed by atoms with van der Waals surface area (Å²) in [6.07, 6.45) is 5.47. The van der Waals surface area contributed by atoms with Crippen LogP contribution in [0.3, 0.4) is 0 Å². The molecule has 0 saturated heterocycles. The van der Waals surface area contributed by atoms with Crippen molar-refractivity contribution >= 4 is 0 Å². The largest absolute Gasteiger partial charge is 0.319 e. The van der Waals surface area contributed by atoms with Crippen molar-refractivity contribution in [2.75, 3.05) is 0 Å². The first kappa shape index (κ1) is 39.8. The van der Waals surface area contributed by atoms with E-state index in [4.69, 9.17) is 0 Å². The van der Waals surface area contributed by atoms with Gasteiger partial charge in [-0.3, -0.25) is 19.2 Å². The Morgan fingerprint density at radius 1 is 0.565 bits per heavy atom. The second-order valence-electron chi connectivity index (χ2n) is 14.3. The molecule has 252 valence electrons. The second kappa shape index (κ2) is 16.9. The van der Waals surface area contributed by atoms with Gasteiger partial charge in [0.2, 0.25) is 11.1 Å². The normalized spacial score (nSPS) is 11.1. The fourth-order valence-corrected chi connectivity index (χ4v) is 4.30. The van der Waals surface area contributed by atoms with Crippen molar-refractivity contribution in [3.63, 3.8) is 0 Å². The summed E-state index contributed by atoms with van der Waals surface area (Å²) in [6.45, 7) is 20.8. The van der Waals surface area contributed by atoms with Crippen LogP contribution < -0.4 is 22.2 Å². The Hall–Kier alpha value is -4.20. The number of hydrogen-bond donors (Lipinski definition) is 0. The summed E-state index contributed by atoms with van der Waals surface area (Å²) in [5, 5.41) is 0. The van der Waals surface area contributed by atoms with Crippen LogP contribution in [0.15, 0.2) is 92.4 Å². The lowest BCUT2D eigenvalue weighted by molar-refractivity contribution is 0.573. The van der Waals surface area contributed by atoms with E-state index in [0.29, 0.717) is 11.8 Å². The molecule has 0 saturated carbocycles. The van der Waals surface area contributed by atoms with Gasteiger partial charge < -0.3 is 18.3 Å². The van der Waals surface area contributed by atoms with E-state index >= 15 is 0 Å². The Bertz CT molecular complexity index is 1790. The summed E-state index contributed by atoms with van der Waals surface area (Å²) in [5.74, 6) is 0.899. The van der Waals surface area contributed by atoms with Crippen LogP contribution in [0.1, 0.15) is 103 Å². The van der Waals surface area contributed by atoms with E-state index in [2.05, 4.69) is 48.5 Å². The predicted molar refractivity (Wildman–Crippen MR) is 192 cm³/mol. The number of hydrogen-bond acceptors (Lipinski definition) is 4. The van der Waals surface area contributed by atoms with E-state index in [1.54, 1.807) is 76.9 Å². The number of rotatable bonds is 2. The highest BCUT2D eigenvalue weighted by Gasteiger charge is 2.17. The van der Waals surface area contributed by atoms with Gasteiger partial charge in [-0.1, -0.05) is 87.4 Å². The molecule has 8 nitrogen and oxygen atoms in total. The molecule has 0 amide bonds. The van der Waals surface area contributed by atoms with Crippen molar-refractivity contribution in [3.05, 3.63) is 137 Å². The molecule has 0 atom stereocenters. The molecular formula is C38H56N4O4. The summed E-state index contributed by atoms with van der Waals surface area (Å²) >= 11 is 0. The number of pyridine rings is 4. The molecule has 0 aliphatic rings. The lowest BCUT2D eigenvalue weighted by Gasteiger charge is -2.18. The SMILES string of the molecule is CC(C)c1ccc(=O)n(C)c1.CC(C)c1cccc(=O)n1C.Cn1ccc(C(C)(C)C)cc1=O.Cn1cccc(C(C)(C)C)c1=O. The molecule has 8 heteroatoms. The summed E-state index contributed by atoms with van der Waals surface area (Å²) in [6, 6.07) is 16.3. The van der Waals surface area contributed by atoms with Crippen LogP contribution in [0, 0.1) is 0 Å². The smallest absolute Gasteiger partial charge is 0.253 e. The van der Waals surface area contributed by atoms with Crippen molar-refractivity contribution < 1.29 is 0 Å². The minimum Gasteiger partial charge on any atom is -0.319 e. The molecule has 0 N–H and O–H groups in total.